The lowest BCUT2D eigenvalue weighted by Crippen LogP contribution is -2.51. The SMILES string of the molecule is CC1(NC(=O)C2CC2C(=O)O)CCC1. The maximum Gasteiger partial charge on any atom is 0.307 e. The van der Waals surface area contributed by atoms with E-state index in [1.807, 2.05) is 6.92 Å². The van der Waals surface area contributed by atoms with Crippen molar-refractivity contribution in [2.45, 2.75) is 38.1 Å². The second kappa shape index (κ2) is 2.97. The summed E-state index contributed by atoms with van der Waals surface area (Å²) in [6.45, 7) is 2.02. The van der Waals surface area contributed by atoms with Gasteiger partial charge in [0.1, 0.15) is 0 Å². The van der Waals surface area contributed by atoms with Gasteiger partial charge in [0.2, 0.25) is 5.91 Å². The highest BCUT2D eigenvalue weighted by atomic mass is 16.4. The summed E-state index contributed by atoms with van der Waals surface area (Å²) >= 11 is 0. The van der Waals surface area contributed by atoms with Crippen LogP contribution in [0.5, 0.6) is 0 Å². The van der Waals surface area contributed by atoms with E-state index in [2.05, 4.69) is 5.32 Å². The normalized spacial score (nSPS) is 32.9. The predicted molar refractivity (Wildman–Crippen MR) is 49.6 cm³/mol. The van der Waals surface area contributed by atoms with Crippen molar-refractivity contribution in [1.82, 2.24) is 5.32 Å². The Hall–Kier alpha value is -1.06. The molecule has 2 atom stereocenters. The molecular weight excluding hydrogens is 182 g/mol. The van der Waals surface area contributed by atoms with Gasteiger partial charge in [-0.25, -0.2) is 0 Å². The number of carbonyl (C=O) groups excluding carboxylic acids is 1. The number of hydrogen-bond donors (Lipinski definition) is 2. The van der Waals surface area contributed by atoms with Crippen LogP contribution in [0.25, 0.3) is 0 Å². The molecule has 0 aromatic heterocycles. The fourth-order valence-corrected chi connectivity index (χ4v) is 1.98. The minimum atomic E-state index is -0.844. The first kappa shape index (κ1) is 9.49. The Labute approximate surface area is 82.7 Å². The summed E-state index contributed by atoms with van der Waals surface area (Å²) in [5.74, 6) is -1.62. The number of hydrogen-bond acceptors (Lipinski definition) is 2. The van der Waals surface area contributed by atoms with E-state index in [9.17, 15) is 9.59 Å². The molecule has 2 saturated carbocycles. The van der Waals surface area contributed by atoms with Crippen molar-refractivity contribution in [2.24, 2.45) is 11.8 Å². The summed E-state index contributed by atoms with van der Waals surface area (Å²) in [5, 5.41) is 11.6. The van der Waals surface area contributed by atoms with Crippen LogP contribution in [-0.2, 0) is 9.59 Å². The summed E-state index contributed by atoms with van der Waals surface area (Å²) in [6, 6.07) is 0. The number of rotatable bonds is 3. The van der Waals surface area contributed by atoms with E-state index in [4.69, 9.17) is 5.11 Å². The molecule has 4 heteroatoms. The van der Waals surface area contributed by atoms with Crippen molar-refractivity contribution in [3.63, 3.8) is 0 Å². The van der Waals surface area contributed by atoms with E-state index in [-0.39, 0.29) is 17.4 Å². The minimum Gasteiger partial charge on any atom is -0.481 e. The van der Waals surface area contributed by atoms with Gasteiger partial charge in [0.15, 0.2) is 0 Å². The molecule has 0 heterocycles. The molecular formula is C10H15NO3. The monoisotopic (exact) mass is 197 g/mol. The molecule has 0 aromatic carbocycles. The van der Waals surface area contributed by atoms with Gasteiger partial charge in [-0.05, 0) is 32.6 Å². The van der Waals surface area contributed by atoms with Crippen LogP contribution >= 0.6 is 0 Å². The van der Waals surface area contributed by atoms with Gasteiger partial charge in [0.25, 0.3) is 0 Å². The van der Waals surface area contributed by atoms with Crippen LogP contribution in [0.4, 0.5) is 0 Å². The number of carboxylic acids is 1. The molecule has 4 nitrogen and oxygen atoms in total. The fourth-order valence-electron chi connectivity index (χ4n) is 1.98. The maximum atomic E-state index is 11.6. The first-order valence-electron chi connectivity index (χ1n) is 5.07. The third-order valence-electron chi connectivity index (χ3n) is 3.33. The molecule has 0 spiro atoms. The highest BCUT2D eigenvalue weighted by Crippen LogP contribution is 2.40. The standard InChI is InChI=1S/C10H15NO3/c1-10(3-2-4-10)11-8(12)6-5-7(6)9(13)14/h6-7H,2-5H2,1H3,(H,11,12)(H,13,14). The molecule has 14 heavy (non-hydrogen) atoms. The topological polar surface area (TPSA) is 66.4 Å². The van der Waals surface area contributed by atoms with E-state index < -0.39 is 11.9 Å². The number of carbonyl (C=O) groups is 2. The highest BCUT2D eigenvalue weighted by molar-refractivity contribution is 5.89. The lowest BCUT2D eigenvalue weighted by atomic mass is 9.78. The van der Waals surface area contributed by atoms with Crippen molar-refractivity contribution >= 4 is 11.9 Å². The van der Waals surface area contributed by atoms with Gasteiger partial charge >= 0.3 is 5.97 Å². The molecule has 2 N–H and O–H groups in total. The van der Waals surface area contributed by atoms with Gasteiger partial charge in [0.05, 0.1) is 11.8 Å². The van der Waals surface area contributed by atoms with Gasteiger partial charge < -0.3 is 10.4 Å². The van der Waals surface area contributed by atoms with Gasteiger partial charge in [-0.2, -0.15) is 0 Å². The van der Waals surface area contributed by atoms with Crippen LogP contribution in [0, 0.1) is 11.8 Å². The Morgan fingerprint density at radius 3 is 2.36 bits per heavy atom. The van der Waals surface area contributed by atoms with E-state index in [1.54, 1.807) is 0 Å². The number of carboxylic acid groups (broad SMARTS) is 1. The predicted octanol–water partition coefficient (Wildman–Crippen LogP) is 0.766. The zero-order valence-electron chi connectivity index (χ0n) is 8.25. The average molecular weight is 197 g/mol. The smallest absolute Gasteiger partial charge is 0.307 e. The van der Waals surface area contributed by atoms with Gasteiger partial charge in [-0.15, -0.1) is 0 Å². The van der Waals surface area contributed by atoms with Gasteiger partial charge in [0, 0.05) is 5.54 Å². The quantitative estimate of drug-likeness (QED) is 0.702. The lowest BCUT2D eigenvalue weighted by Gasteiger charge is -2.39. The van der Waals surface area contributed by atoms with Crippen molar-refractivity contribution in [2.75, 3.05) is 0 Å². The molecule has 0 saturated heterocycles. The Bertz CT molecular complexity index is 283. The summed E-state index contributed by atoms with van der Waals surface area (Å²) in [4.78, 5) is 22.1. The largest absolute Gasteiger partial charge is 0.481 e. The van der Waals surface area contributed by atoms with Gasteiger partial charge in [-0.1, -0.05) is 0 Å². The Morgan fingerprint density at radius 2 is 2.00 bits per heavy atom. The maximum absolute atomic E-state index is 11.6. The van der Waals surface area contributed by atoms with Gasteiger partial charge in [-0.3, -0.25) is 9.59 Å². The molecule has 2 fully saturated rings. The summed E-state index contributed by atoms with van der Waals surface area (Å²) in [7, 11) is 0. The number of nitrogens with one attached hydrogen (secondary N) is 1. The molecule has 0 radical (unpaired) electrons. The first-order valence-corrected chi connectivity index (χ1v) is 5.07. The van der Waals surface area contributed by atoms with E-state index in [0.717, 1.165) is 19.3 Å². The van der Waals surface area contributed by atoms with Crippen LogP contribution < -0.4 is 5.32 Å². The average Bonchev–Trinajstić information content (AvgIpc) is 2.79. The number of amides is 1. The Balaban J connectivity index is 1.83. The van der Waals surface area contributed by atoms with E-state index >= 15 is 0 Å². The molecule has 2 rings (SSSR count). The fraction of sp³-hybridized carbons (Fsp3) is 0.800. The third kappa shape index (κ3) is 1.61. The summed E-state index contributed by atoms with van der Waals surface area (Å²) in [5.41, 5.74) is -0.0529. The molecule has 2 aliphatic rings. The second-order valence-corrected chi connectivity index (χ2v) is 4.69. The molecule has 0 bridgehead atoms. The molecule has 2 unspecified atom stereocenters. The minimum absolute atomic E-state index is 0.0529. The summed E-state index contributed by atoms with van der Waals surface area (Å²) < 4.78 is 0. The second-order valence-electron chi connectivity index (χ2n) is 4.69. The van der Waals surface area contributed by atoms with Crippen LogP contribution in [0.3, 0.4) is 0 Å². The van der Waals surface area contributed by atoms with Crippen molar-refractivity contribution in [3.05, 3.63) is 0 Å². The third-order valence-corrected chi connectivity index (χ3v) is 3.33. The van der Waals surface area contributed by atoms with Crippen molar-refractivity contribution in [3.8, 4) is 0 Å². The van der Waals surface area contributed by atoms with E-state index in [0.29, 0.717) is 6.42 Å². The molecule has 2 aliphatic carbocycles. The number of aliphatic carboxylic acids is 1. The highest BCUT2D eigenvalue weighted by Gasteiger charge is 2.50. The molecule has 0 aliphatic heterocycles. The van der Waals surface area contributed by atoms with E-state index in [1.165, 1.54) is 0 Å². The Morgan fingerprint density at radius 1 is 1.36 bits per heavy atom. The molecule has 0 aromatic rings. The zero-order valence-corrected chi connectivity index (χ0v) is 8.25. The van der Waals surface area contributed by atoms with Crippen molar-refractivity contribution < 1.29 is 14.7 Å². The molecule has 78 valence electrons. The molecule has 1 amide bonds. The Kier molecular flexibility index (Phi) is 2.01. The first-order chi connectivity index (χ1) is 6.52. The summed E-state index contributed by atoms with van der Waals surface area (Å²) in [6.07, 6.45) is 3.70. The van der Waals surface area contributed by atoms with Crippen LogP contribution in [0.2, 0.25) is 0 Å². The van der Waals surface area contributed by atoms with Crippen LogP contribution in [-0.4, -0.2) is 22.5 Å². The lowest BCUT2D eigenvalue weighted by molar-refractivity contribution is -0.140. The van der Waals surface area contributed by atoms with Crippen LogP contribution in [0.1, 0.15) is 32.6 Å². The van der Waals surface area contributed by atoms with Crippen LogP contribution in [0.15, 0.2) is 0 Å². The zero-order chi connectivity index (χ0) is 10.3. The van der Waals surface area contributed by atoms with Crippen molar-refractivity contribution in [1.29, 1.82) is 0 Å².